The maximum absolute atomic E-state index is 13.1. The quantitative estimate of drug-likeness (QED) is 0.482. The molecule has 0 spiro atoms. The average Bonchev–Trinajstić information content (AvgIpc) is 3.12. The van der Waals surface area contributed by atoms with Gasteiger partial charge in [-0.2, -0.15) is 0 Å². The molecule has 0 radical (unpaired) electrons. The summed E-state index contributed by atoms with van der Waals surface area (Å²) in [5.41, 5.74) is 2.44. The Morgan fingerprint density at radius 3 is 2.48 bits per heavy atom. The van der Waals surface area contributed by atoms with E-state index in [4.69, 9.17) is 4.98 Å². The third-order valence-electron chi connectivity index (χ3n) is 6.10. The first-order valence-corrected chi connectivity index (χ1v) is 12.3. The molecule has 3 aromatic rings. The van der Waals surface area contributed by atoms with Gasteiger partial charge in [-0.3, -0.25) is 4.79 Å². The van der Waals surface area contributed by atoms with Gasteiger partial charge in [0, 0.05) is 28.6 Å². The van der Waals surface area contributed by atoms with E-state index in [9.17, 15) is 9.00 Å². The van der Waals surface area contributed by atoms with Gasteiger partial charge < -0.3 is 4.57 Å². The molecule has 1 aliphatic rings. The number of imidazole rings is 1. The first kappa shape index (κ1) is 21.9. The van der Waals surface area contributed by atoms with E-state index < -0.39 is 10.8 Å². The molecular formula is C25H31N3O2S. The molecule has 1 atom stereocenters. The molecule has 1 fully saturated rings. The van der Waals surface area contributed by atoms with Gasteiger partial charge in [-0.1, -0.05) is 40.0 Å². The first-order valence-electron chi connectivity index (χ1n) is 11.1. The number of Topliss-reactive ketones (excluding diaryl/α,β-unsaturated/α-hetero) is 1. The Balaban J connectivity index is 1.70. The van der Waals surface area contributed by atoms with E-state index in [0.29, 0.717) is 21.4 Å². The Morgan fingerprint density at radius 2 is 1.87 bits per heavy atom. The van der Waals surface area contributed by atoms with Crippen LogP contribution in [-0.4, -0.2) is 24.5 Å². The third kappa shape index (κ3) is 4.64. The van der Waals surface area contributed by atoms with Crippen LogP contribution in [0.2, 0.25) is 0 Å². The first-order chi connectivity index (χ1) is 14.7. The van der Waals surface area contributed by atoms with Crippen LogP contribution in [-0.2, 0) is 22.8 Å². The van der Waals surface area contributed by atoms with E-state index in [0.717, 1.165) is 23.4 Å². The lowest BCUT2D eigenvalue weighted by Gasteiger charge is -2.26. The molecule has 0 N–H and O–H groups in total. The van der Waals surface area contributed by atoms with E-state index >= 15 is 0 Å². The maximum Gasteiger partial charge on any atom is 0.161 e. The summed E-state index contributed by atoms with van der Waals surface area (Å²) in [7, 11) is -1.42. The summed E-state index contributed by atoms with van der Waals surface area (Å²) in [4.78, 5) is 21.4. The number of pyridine rings is 1. The van der Waals surface area contributed by atoms with Crippen molar-refractivity contribution in [1.82, 2.24) is 14.5 Å². The van der Waals surface area contributed by atoms with Crippen LogP contribution in [0.25, 0.3) is 11.0 Å². The molecule has 1 aromatic carbocycles. The molecular weight excluding hydrogens is 406 g/mol. The topological polar surface area (TPSA) is 64.8 Å². The molecule has 0 aliphatic heterocycles. The molecule has 5 nitrogen and oxygen atoms in total. The molecule has 0 saturated heterocycles. The predicted octanol–water partition coefficient (Wildman–Crippen LogP) is 5.68. The fourth-order valence-electron chi connectivity index (χ4n) is 4.43. The lowest BCUT2D eigenvalue weighted by Crippen LogP contribution is -2.22. The standard InChI is InChI=1S/C25H31N3O2S/c1-17(29)19-10-13-23(26-15-19)31(30)20-11-12-22-21(14-20)27-24(25(2,3)4)28(22)16-18-8-6-5-7-9-18/h10-15,18H,5-9,16H2,1-4H3. The molecule has 1 saturated carbocycles. The van der Waals surface area contributed by atoms with Crippen LogP contribution in [0.4, 0.5) is 0 Å². The van der Waals surface area contributed by atoms with Gasteiger partial charge in [-0.15, -0.1) is 0 Å². The number of nitrogens with zero attached hydrogens (tertiary/aromatic N) is 3. The second kappa shape index (κ2) is 8.65. The van der Waals surface area contributed by atoms with E-state index in [2.05, 4.69) is 36.4 Å². The van der Waals surface area contributed by atoms with E-state index in [1.54, 1.807) is 12.1 Å². The zero-order chi connectivity index (χ0) is 22.2. The summed E-state index contributed by atoms with van der Waals surface area (Å²) >= 11 is 0. The van der Waals surface area contributed by atoms with Gasteiger partial charge in [0.1, 0.15) is 21.6 Å². The Kier molecular flexibility index (Phi) is 6.11. The monoisotopic (exact) mass is 437 g/mol. The highest BCUT2D eigenvalue weighted by atomic mass is 32.2. The summed E-state index contributed by atoms with van der Waals surface area (Å²) in [5.74, 6) is 1.73. The number of ketones is 1. The van der Waals surface area contributed by atoms with Gasteiger partial charge in [0.2, 0.25) is 0 Å². The number of aromatic nitrogens is 3. The number of benzene rings is 1. The Hall–Kier alpha value is -2.34. The van der Waals surface area contributed by atoms with Crippen LogP contribution in [0.1, 0.15) is 76.0 Å². The summed E-state index contributed by atoms with van der Waals surface area (Å²) in [6, 6.07) is 9.25. The van der Waals surface area contributed by atoms with Crippen molar-refractivity contribution in [3.8, 4) is 0 Å². The largest absolute Gasteiger partial charge is 0.327 e. The van der Waals surface area contributed by atoms with E-state index in [-0.39, 0.29) is 11.2 Å². The molecule has 6 heteroatoms. The summed E-state index contributed by atoms with van der Waals surface area (Å²) in [5, 5.41) is 0.446. The van der Waals surface area contributed by atoms with Crippen molar-refractivity contribution in [3.63, 3.8) is 0 Å². The minimum absolute atomic E-state index is 0.0514. The van der Waals surface area contributed by atoms with Crippen LogP contribution in [0.3, 0.4) is 0 Å². The van der Waals surface area contributed by atoms with Gasteiger partial charge in [-0.25, -0.2) is 14.2 Å². The van der Waals surface area contributed by atoms with Crippen LogP contribution < -0.4 is 0 Å². The number of hydrogen-bond donors (Lipinski definition) is 0. The van der Waals surface area contributed by atoms with Gasteiger partial charge in [-0.05, 0) is 56.0 Å². The van der Waals surface area contributed by atoms with Crippen molar-refractivity contribution in [2.45, 2.75) is 81.7 Å². The van der Waals surface area contributed by atoms with Crippen LogP contribution in [0.15, 0.2) is 46.5 Å². The van der Waals surface area contributed by atoms with E-state index in [1.165, 1.54) is 45.2 Å². The number of carbonyl (C=O) groups excluding carboxylic acids is 1. The molecule has 1 aliphatic carbocycles. The number of rotatable bonds is 5. The van der Waals surface area contributed by atoms with Gasteiger partial charge in [0.25, 0.3) is 0 Å². The fourth-order valence-corrected chi connectivity index (χ4v) is 5.42. The van der Waals surface area contributed by atoms with Crippen molar-refractivity contribution in [3.05, 3.63) is 47.9 Å². The highest BCUT2D eigenvalue weighted by molar-refractivity contribution is 7.85. The lowest BCUT2D eigenvalue weighted by molar-refractivity contribution is 0.101. The zero-order valence-corrected chi connectivity index (χ0v) is 19.7. The number of fused-ring (bicyclic) bond motifs is 1. The molecule has 0 bridgehead atoms. The Morgan fingerprint density at radius 1 is 1.13 bits per heavy atom. The van der Waals surface area contributed by atoms with Crippen LogP contribution >= 0.6 is 0 Å². The average molecular weight is 438 g/mol. The Bertz CT molecular complexity index is 1120. The zero-order valence-electron chi connectivity index (χ0n) is 18.9. The molecule has 4 rings (SSSR count). The molecule has 0 amide bonds. The van der Waals surface area contributed by atoms with Gasteiger partial charge in [0.05, 0.1) is 11.0 Å². The smallest absolute Gasteiger partial charge is 0.161 e. The SMILES string of the molecule is CC(=O)c1ccc(S(=O)c2ccc3c(c2)nc(C(C)(C)C)n3CC2CCCCC2)nc1. The number of carbonyl (C=O) groups is 1. The summed E-state index contributed by atoms with van der Waals surface area (Å²) < 4.78 is 15.5. The van der Waals surface area contributed by atoms with Gasteiger partial charge >= 0.3 is 0 Å². The highest BCUT2D eigenvalue weighted by Gasteiger charge is 2.25. The molecule has 164 valence electrons. The number of hydrogen-bond acceptors (Lipinski definition) is 4. The maximum atomic E-state index is 13.1. The van der Waals surface area contributed by atoms with Gasteiger partial charge in [0.15, 0.2) is 5.78 Å². The lowest BCUT2D eigenvalue weighted by atomic mass is 9.88. The minimum atomic E-state index is -1.42. The molecule has 2 aromatic heterocycles. The van der Waals surface area contributed by atoms with Crippen LogP contribution in [0, 0.1) is 5.92 Å². The third-order valence-corrected chi connectivity index (χ3v) is 7.41. The summed E-state index contributed by atoms with van der Waals surface area (Å²) in [6.45, 7) is 9.10. The normalized spacial score (nSPS) is 16.5. The Labute approximate surface area is 186 Å². The van der Waals surface area contributed by atoms with Crippen molar-refractivity contribution in [2.75, 3.05) is 0 Å². The second-order valence-electron chi connectivity index (χ2n) is 9.66. The summed E-state index contributed by atoms with van der Waals surface area (Å²) in [6.07, 6.45) is 8.05. The highest BCUT2D eigenvalue weighted by Crippen LogP contribution is 2.32. The van der Waals surface area contributed by atoms with Crippen molar-refractivity contribution < 1.29 is 9.00 Å². The van der Waals surface area contributed by atoms with E-state index in [1.807, 2.05) is 12.1 Å². The second-order valence-corrected chi connectivity index (χ2v) is 11.1. The minimum Gasteiger partial charge on any atom is -0.327 e. The van der Waals surface area contributed by atoms with Crippen molar-refractivity contribution >= 4 is 27.6 Å². The molecule has 2 heterocycles. The fraction of sp³-hybridized carbons (Fsp3) is 0.480. The molecule has 1 unspecified atom stereocenters. The molecule has 31 heavy (non-hydrogen) atoms. The predicted molar refractivity (Wildman–Crippen MR) is 124 cm³/mol. The van der Waals surface area contributed by atoms with Crippen molar-refractivity contribution in [2.24, 2.45) is 5.92 Å². The van der Waals surface area contributed by atoms with Crippen molar-refractivity contribution in [1.29, 1.82) is 0 Å². The van der Waals surface area contributed by atoms with Crippen LogP contribution in [0.5, 0.6) is 0 Å².